The summed E-state index contributed by atoms with van der Waals surface area (Å²) in [6.45, 7) is 4.07. The van der Waals surface area contributed by atoms with Crippen LogP contribution < -0.4 is 19.5 Å². The minimum atomic E-state index is -0.692. The van der Waals surface area contributed by atoms with Gasteiger partial charge in [0.25, 0.3) is 0 Å². The molecule has 1 atom stereocenters. The summed E-state index contributed by atoms with van der Waals surface area (Å²) in [6.07, 6.45) is 1.66. The van der Waals surface area contributed by atoms with Gasteiger partial charge in [-0.1, -0.05) is 6.08 Å². The largest absolute Gasteiger partial charge is 0.493 e. The number of hydrogen-bond acceptors (Lipinski definition) is 6. The molecule has 0 aliphatic heterocycles. The van der Waals surface area contributed by atoms with E-state index in [9.17, 15) is 4.79 Å². The van der Waals surface area contributed by atoms with E-state index in [1.54, 1.807) is 18.2 Å². The quantitative estimate of drug-likeness (QED) is 0.582. The molecule has 0 aliphatic carbocycles. The average Bonchev–Trinajstić information content (AvgIpc) is 2.53. The Balaban J connectivity index is 3.35. The summed E-state index contributed by atoms with van der Waals surface area (Å²) < 4.78 is 20.8. The summed E-state index contributed by atoms with van der Waals surface area (Å²) in [5, 5.41) is 3.03. The molecule has 0 spiro atoms. The Labute approximate surface area is 124 Å². The number of rotatable bonds is 8. The molecule has 0 fully saturated rings. The molecular weight excluding hydrogens is 274 g/mol. The van der Waals surface area contributed by atoms with Gasteiger partial charge in [0.05, 0.1) is 28.4 Å². The van der Waals surface area contributed by atoms with Gasteiger partial charge >= 0.3 is 5.97 Å². The topological polar surface area (TPSA) is 66.0 Å². The number of hydrogen-bond donors (Lipinski definition) is 1. The van der Waals surface area contributed by atoms with Crippen LogP contribution in [0.3, 0.4) is 0 Å². The number of esters is 1. The third-order valence-corrected chi connectivity index (χ3v) is 2.95. The SMILES string of the molecule is C=CCNC(C(=O)OC)c1ccc(OC)c(OC)c1OC. The first-order valence-corrected chi connectivity index (χ1v) is 6.35. The van der Waals surface area contributed by atoms with Crippen LogP contribution in [0.25, 0.3) is 0 Å². The Kier molecular flexibility index (Phi) is 6.55. The zero-order valence-corrected chi connectivity index (χ0v) is 12.8. The Hall–Kier alpha value is -2.21. The van der Waals surface area contributed by atoms with Crippen LogP contribution in [0.2, 0.25) is 0 Å². The lowest BCUT2D eigenvalue weighted by Gasteiger charge is -2.21. The lowest BCUT2D eigenvalue weighted by Crippen LogP contribution is -2.30. The van der Waals surface area contributed by atoms with Crippen LogP contribution in [0.15, 0.2) is 24.8 Å². The molecule has 1 aromatic carbocycles. The van der Waals surface area contributed by atoms with Gasteiger partial charge in [0.2, 0.25) is 5.75 Å². The second-order valence-electron chi connectivity index (χ2n) is 4.08. The second-order valence-corrected chi connectivity index (χ2v) is 4.08. The maximum absolute atomic E-state index is 12.0. The van der Waals surface area contributed by atoms with Crippen molar-refractivity contribution >= 4 is 5.97 Å². The van der Waals surface area contributed by atoms with Crippen LogP contribution in [0.5, 0.6) is 17.2 Å². The molecule has 1 rings (SSSR count). The lowest BCUT2D eigenvalue weighted by atomic mass is 10.0. The molecule has 6 heteroatoms. The number of carbonyl (C=O) groups excluding carboxylic acids is 1. The molecule has 0 bridgehead atoms. The summed E-state index contributed by atoms with van der Waals surface area (Å²) in [5.74, 6) is 0.934. The second kappa shape index (κ2) is 8.16. The first-order chi connectivity index (χ1) is 10.1. The lowest BCUT2D eigenvalue weighted by molar-refractivity contribution is -0.143. The molecule has 6 nitrogen and oxygen atoms in total. The van der Waals surface area contributed by atoms with Crippen LogP contribution in [-0.2, 0) is 9.53 Å². The standard InChI is InChI=1S/C15H21NO5/c1-6-9-16-12(15(17)21-5)10-7-8-11(18-2)14(20-4)13(10)19-3/h6-8,12,16H,1,9H2,2-5H3. The predicted octanol–water partition coefficient (Wildman–Crippen LogP) is 1.70. The highest BCUT2D eigenvalue weighted by atomic mass is 16.5. The molecule has 21 heavy (non-hydrogen) atoms. The smallest absolute Gasteiger partial charge is 0.327 e. The first kappa shape index (κ1) is 16.8. The highest BCUT2D eigenvalue weighted by molar-refractivity contribution is 5.79. The van der Waals surface area contributed by atoms with Crippen molar-refractivity contribution in [3.63, 3.8) is 0 Å². The fraction of sp³-hybridized carbons (Fsp3) is 0.400. The number of ether oxygens (including phenoxy) is 4. The molecule has 0 aliphatic rings. The van der Waals surface area contributed by atoms with Crippen molar-refractivity contribution < 1.29 is 23.7 Å². The maximum atomic E-state index is 12.0. The molecule has 1 unspecified atom stereocenters. The fourth-order valence-electron chi connectivity index (χ4n) is 1.99. The monoisotopic (exact) mass is 295 g/mol. The molecule has 116 valence electrons. The Morgan fingerprint density at radius 1 is 1.19 bits per heavy atom. The van der Waals surface area contributed by atoms with Crippen molar-refractivity contribution in [1.29, 1.82) is 0 Å². The molecule has 0 saturated carbocycles. The van der Waals surface area contributed by atoms with Gasteiger partial charge < -0.3 is 18.9 Å². The van der Waals surface area contributed by atoms with Crippen LogP contribution in [0.1, 0.15) is 11.6 Å². The Morgan fingerprint density at radius 3 is 2.33 bits per heavy atom. The van der Waals surface area contributed by atoms with E-state index < -0.39 is 12.0 Å². The third kappa shape index (κ3) is 3.66. The maximum Gasteiger partial charge on any atom is 0.327 e. The van der Waals surface area contributed by atoms with Crippen molar-refractivity contribution in [2.45, 2.75) is 6.04 Å². The molecule has 0 aromatic heterocycles. The Bertz CT molecular complexity index is 501. The highest BCUT2D eigenvalue weighted by Gasteiger charge is 2.27. The number of nitrogens with one attached hydrogen (secondary N) is 1. The molecule has 1 N–H and O–H groups in total. The van der Waals surface area contributed by atoms with Gasteiger partial charge in [0, 0.05) is 12.1 Å². The summed E-state index contributed by atoms with van der Waals surface area (Å²) in [7, 11) is 5.87. The molecule has 0 radical (unpaired) electrons. The molecular formula is C15H21NO5. The van der Waals surface area contributed by atoms with Crippen LogP contribution in [0.4, 0.5) is 0 Å². The number of methoxy groups -OCH3 is 4. The van der Waals surface area contributed by atoms with E-state index >= 15 is 0 Å². The minimum absolute atomic E-state index is 0.420. The van der Waals surface area contributed by atoms with Gasteiger partial charge in [-0.2, -0.15) is 0 Å². The molecule has 0 saturated heterocycles. The predicted molar refractivity (Wildman–Crippen MR) is 79.1 cm³/mol. The number of carbonyl (C=O) groups is 1. The van der Waals surface area contributed by atoms with Crippen LogP contribution in [-0.4, -0.2) is 41.0 Å². The van der Waals surface area contributed by atoms with E-state index in [0.717, 1.165) is 0 Å². The third-order valence-electron chi connectivity index (χ3n) is 2.95. The summed E-state index contributed by atoms with van der Waals surface area (Å²) in [4.78, 5) is 12.0. The van der Waals surface area contributed by atoms with Crippen LogP contribution in [0, 0.1) is 0 Å². The molecule has 0 heterocycles. The Morgan fingerprint density at radius 2 is 1.86 bits per heavy atom. The van der Waals surface area contributed by atoms with Gasteiger partial charge in [0.15, 0.2) is 11.5 Å². The summed E-state index contributed by atoms with van der Waals surface area (Å²) >= 11 is 0. The van der Waals surface area contributed by atoms with E-state index in [1.165, 1.54) is 28.4 Å². The average molecular weight is 295 g/mol. The van der Waals surface area contributed by atoms with Gasteiger partial charge in [-0.25, -0.2) is 4.79 Å². The molecule has 0 amide bonds. The van der Waals surface area contributed by atoms with Crippen molar-refractivity contribution in [1.82, 2.24) is 5.32 Å². The first-order valence-electron chi connectivity index (χ1n) is 6.35. The number of benzene rings is 1. The van der Waals surface area contributed by atoms with Crippen LogP contribution >= 0.6 is 0 Å². The minimum Gasteiger partial charge on any atom is -0.493 e. The fourth-order valence-corrected chi connectivity index (χ4v) is 1.99. The zero-order chi connectivity index (χ0) is 15.8. The summed E-state index contributed by atoms with van der Waals surface area (Å²) in [6, 6.07) is 2.75. The van der Waals surface area contributed by atoms with E-state index in [0.29, 0.717) is 29.4 Å². The van der Waals surface area contributed by atoms with Gasteiger partial charge in [-0.15, -0.1) is 6.58 Å². The zero-order valence-electron chi connectivity index (χ0n) is 12.8. The van der Waals surface area contributed by atoms with Gasteiger partial charge in [-0.05, 0) is 12.1 Å². The van der Waals surface area contributed by atoms with Gasteiger partial charge in [0.1, 0.15) is 6.04 Å². The van der Waals surface area contributed by atoms with Crippen molar-refractivity contribution in [3.05, 3.63) is 30.4 Å². The summed E-state index contributed by atoms with van der Waals surface area (Å²) in [5.41, 5.74) is 0.601. The van der Waals surface area contributed by atoms with Crippen molar-refractivity contribution in [2.75, 3.05) is 35.0 Å². The highest BCUT2D eigenvalue weighted by Crippen LogP contribution is 2.42. The van der Waals surface area contributed by atoms with Crippen molar-refractivity contribution in [2.24, 2.45) is 0 Å². The van der Waals surface area contributed by atoms with E-state index in [-0.39, 0.29) is 0 Å². The van der Waals surface area contributed by atoms with Crippen molar-refractivity contribution in [3.8, 4) is 17.2 Å². The van der Waals surface area contributed by atoms with E-state index in [4.69, 9.17) is 18.9 Å². The molecule has 1 aromatic rings. The van der Waals surface area contributed by atoms with E-state index in [1.807, 2.05) is 0 Å². The van der Waals surface area contributed by atoms with Gasteiger partial charge in [-0.3, -0.25) is 5.32 Å². The normalized spacial score (nSPS) is 11.4. The van der Waals surface area contributed by atoms with E-state index in [2.05, 4.69) is 11.9 Å².